The second-order valence-corrected chi connectivity index (χ2v) is 9.87. The third-order valence-electron chi connectivity index (χ3n) is 6.94. The molecule has 0 aliphatic carbocycles. The molecule has 0 aliphatic heterocycles. The van der Waals surface area contributed by atoms with Crippen molar-refractivity contribution in [1.29, 1.82) is 0 Å². The van der Waals surface area contributed by atoms with Crippen LogP contribution in [0.4, 0.5) is 13.2 Å². The summed E-state index contributed by atoms with van der Waals surface area (Å²) in [4.78, 5) is 13.8. The van der Waals surface area contributed by atoms with Crippen LogP contribution in [0.1, 0.15) is 35.6 Å². The summed E-state index contributed by atoms with van der Waals surface area (Å²) >= 11 is 0. The second-order valence-electron chi connectivity index (χ2n) is 9.87. The van der Waals surface area contributed by atoms with Gasteiger partial charge >= 0.3 is 0 Å². The molecule has 5 aromatic heterocycles. The Morgan fingerprint density at radius 2 is 1.52 bits per heavy atom. The number of pyridine rings is 1. The molecule has 0 fully saturated rings. The van der Waals surface area contributed by atoms with Crippen LogP contribution in [0.5, 0.6) is 0 Å². The van der Waals surface area contributed by atoms with Gasteiger partial charge in [0.25, 0.3) is 11.9 Å². The summed E-state index contributed by atoms with van der Waals surface area (Å²) in [6.07, 6.45) is 6.17. The third-order valence-corrected chi connectivity index (χ3v) is 6.94. The van der Waals surface area contributed by atoms with Gasteiger partial charge in [-0.15, -0.1) is 5.10 Å². The molecule has 6 rings (SSSR count). The van der Waals surface area contributed by atoms with Gasteiger partial charge in [-0.05, 0) is 62.7 Å². The van der Waals surface area contributed by atoms with E-state index in [1.54, 1.807) is 16.9 Å². The first-order valence-corrected chi connectivity index (χ1v) is 12.6. The van der Waals surface area contributed by atoms with Crippen LogP contribution in [0.2, 0.25) is 0 Å². The van der Waals surface area contributed by atoms with E-state index in [-0.39, 0.29) is 5.56 Å². The van der Waals surface area contributed by atoms with Crippen molar-refractivity contribution >= 4 is 5.65 Å². The molecule has 0 saturated heterocycles. The van der Waals surface area contributed by atoms with Crippen LogP contribution in [-0.4, -0.2) is 44.8 Å². The lowest BCUT2D eigenvalue weighted by Gasteiger charge is -2.24. The summed E-state index contributed by atoms with van der Waals surface area (Å²) in [7, 11) is 0. The highest BCUT2D eigenvalue weighted by Crippen LogP contribution is 2.35. The first kappa shape index (κ1) is 25.5. The minimum Gasteiger partial charge on any atom is -0.286 e. The zero-order valence-corrected chi connectivity index (χ0v) is 22.2. The van der Waals surface area contributed by atoms with E-state index in [0.29, 0.717) is 28.5 Å². The van der Waals surface area contributed by atoms with E-state index in [1.165, 1.54) is 29.2 Å². The summed E-state index contributed by atoms with van der Waals surface area (Å²) < 4.78 is 47.7. The van der Waals surface area contributed by atoms with Gasteiger partial charge in [-0.2, -0.15) is 10.1 Å². The number of halogens is 3. The Kier molecular flexibility index (Phi) is 6.01. The topological polar surface area (TPSA) is 78.7 Å². The van der Waals surface area contributed by atoms with Gasteiger partial charge in [0.1, 0.15) is 11.9 Å². The number of aromatic nitrogens is 8. The number of nitrogens with zero attached hydrogens (tertiary/aromatic N) is 8. The maximum atomic E-state index is 14.7. The van der Waals surface area contributed by atoms with Gasteiger partial charge in [-0.25, -0.2) is 22.7 Å². The first-order chi connectivity index (χ1) is 19.1. The minimum atomic E-state index is -3.16. The van der Waals surface area contributed by atoms with E-state index in [4.69, 9.17) is 15.1 Å². The molecular formula is C29H25F3N8. The molecule has 0 radical (unpaired) electrons. The van der Waals surface area contributed by atoms with Crippen LogP contribution in [0, 0.1) is 26.6 Å². The molecule has 0 N–H and O–H groups in total. The zero-order chi connectivity index (χ0) is 28.2. The molecule has 202 valence electrons. The summed E-state index contributed by atoms with van der Waals surface area (Å²) in [5, 5.41) is 8.95. The first-order valence-electron chi connectivity index (χ1n) is 12.6. The Labute approximate surface area is 227 Å². The van der Waals surface area contributed by atoms with E-state index in [0.717, 1.165) is 41.7 Å². The normalized spacial score (nSPS) is 12.8. The van der Waals surface area contributed by atoms with Crippen molar-refractivity contribution < 1.29 is 13.2 Å². The monoisotopic (exact) mass is 542 g/mol. The smallest absolute Gasteiger partial charge is 0.271 e. The fourth-order valence-electron chi connectivity index (χ4n) is 4.98. The van der Waals surface area contributed by atoms with E-state index in [2.05, 4.69) is 10.1 Å². The van der Waals surface area contributed by atoms with Gasteiger partial charge in [-0.1, -0.05) is 12.1 Å². The Bertz CT molecular complexity index is 1820. The van der Waals surface area contributed by atoms with E-state index in [9.17, 15) is 13.2 Å². The number of alkyl halides is 2. The zero-order valence-electron chi connectivity index (χ0n) is 22.2. The van der Waals surface area contributed by atoms with Crippen LogP contribution in [0.15, 0.2) is 73.3 Å². The van der Waals surface area contributed by atoms with Crippen LogP contribution < -0.4 is 0 Å². The molecule has 40 heavy (non-hydrogen) atoms. The number of fused-ring (bicyclic) bond motifs is 1. The number of aryl methyl sites for hydroxylation is 3. The molecule has 8 nitrogen and oxygen atoms in total. The van der Waals surface area contributed by atoms with Gasteiger partial charge in [-0.3, -0.25) is 14.2 Å². The lowest BCUT2D eigenvalue weighted by molar-refractivity contribution is -0.0217. The molecule has 1 atom stereocenters. The molecule has 0 bridgehead atoms. The predicted octanol–water partition coefficient (Wildman–Crippen LogP) is 6.15. The molecule has 6 aromatic rings. The molecule has 11 heteroatoms. The highest BCUT2D eigenvalue weighted by Gasteiger charge is 2.37. The highest BCUT2D eigenvalue weighted by atomic mass is 19.3. The fourth-order valence-corrected chi connectivity index (χ4v) is 4.98. The van der Waals surface area contributed by atoms with Gasteiger partial charge in [0.15, 0.2) is 5.65 Å². The third kappa shape index (κ3) is 4.42. The predicted molar refractivity (Wildman–Crippen MR) is 144 cm³/mol. The van der Waals surface area contributed by atoms with Crippen molar-refractivity contribution in [2.75, 3.05) is 0 Å². The van der Waals surface area contributed by atoms with Crippen molar-refractivity contribution in [2.45, 2.75) is 39.7 Å². The Morgan fingerprint density at radius 1 is 0.825 bits per heavy atom. The molecule has 0 aliphatic rings. The Morgan fingerprint density at radius 3 is 2.23 bits per heavy atom. The van der Waals surface area contributed by atoms with Crippen molar-refractivity contribution in [1.82, 2.24) is 38.9 Å². The molecular weight excluding hydrogens is 517 g/mol. The fraction of sp³-hybridized carbons (Fsp3) is 0.207. The molecule has 5 heterocycles. The largest absolute Gasteiger partial charge is 0.286 e. The van der Waals surface area contributed by atoms with Gasteiger partial charge in [0, 0.05) is 35.6 Å². The minimum absolute atomic E-state index is 0.241. The summed E-state index contributed by atoms with van der Waals surface area (Å²) in [5.41, 5.74) is 6.21. The number of hydrogen-bond acceptors (Lipinski definition) is 5. The van der Waals surface area contributed by atoms with Crippen LogP contribution in [0.25, 0.3) is 34.1 Å². The lowest BCUT2D eigenvalue weighted by atomic mass is 10.0. The second kappa shape index (κ2) is 9.44. The Balaban J connectivity index is 1.36. The molecule has 1 unspecified atom stereocenters. The van der Waals surface area contributed by atoms with E-state index in [1.807, 2.05) is 49.6 Å². The SMILES string of the molecule is Cc1ccc(C)n1-c1nc2ccc(-c3cncc(-c4cnn(C(c5ccc(F)cc5)C(C)(F)F)c4)n3)c(C)n2n1. The highest BCUT2D eigenvalue weighted by molar-refractivity contribution is 5.67. The van der Waals surface area contributed by atoms with E-state index >= 15 is 0 Å². The quantitative estimate of drug-likeness (QED) is 0.252. The number of hydrogen-bond donors (Lipinski definition) is 0. The van der Waals surface area contributed by atoms with Crippen LogP contribution in [-0.2, 0) is 0 Å². The molecule has 1 aromatic carbocycles. The molecule has 0 saturated carbocycles. The standard InChI is InChI=1S/C29H25F3N8/c1-17-5-6-18(2)39(17)28-36-26-12-11-23(19(3)40(26)37-28)25-15-33-14-24(35-25)21-13-34-38(16-21)27(29(4,31)32)20-7-9-22(30)10-8-20/h5-16,27H,1-4H3. The maximum absolute atomic E-state index is 14.7. The summed E-state index contributed by atoms with van der Waals surface area (Å²) in [5.74, 6) is -3.08. The number of rotatable bonds is 6. The van der Waals surface area contributed by atoms with Gasteiger partial charge < -0.3 is 0 Å². The van der Waals surface area contributed by atoms with Crippen molar-refractivity contribution in [3.05, 3.63) is 102 Å². The lowest BCUT2D eigenvalue weighted by Crippen LogP contribution is -2.29. The van der Waals surface area contributed by atoms with Crippen LogP contribution >= 0.6 is 0 Å². The summed E-state index contributed by atoms with van der Waals surface area (Å²) in [6, 6.07) is 11.4. The summed E-state index contributed by atoms with van der Waals surface area (Å²) in [6.45, 7) is 6.75. The van der Waals surface area contributed by atoms with Gasteiger partial charge in [0.2, 0.25) is 0 Å². The van der Waals surface area contributed by atoms with Crippen LogP contribution in [0.3, 0.4) is 0 Å². The van der Waals surface area contributed by atoms with E-state index < -0.39 is 17.8 Å². The van der Waals surface area contributed by atoms with Crippen molar-refractivity contribution in [3.63, 3.8) is 0 Å². The maximum Gasteiger partial charge on any atom is 0.271 e. The average Bonchev–Trinajstić information content (AvgIpc) is 3.64. The average molecular weight is 543 g/mol. The number of benzene rings is 1. The molecule has 0 amide bonds. The van der Waals surface area contributed by atoms with Crippen molar-refractivity contribution in [3.8, 4) is 28.5 Å². The molecule has 0 spiro atoms. The van der Waals surface area contributed by atoms with Crippen molar-refractivity contribution in [2.24, 2.45) is 0 Å². The Hall–Kier alpha value is -4.80. The van der Waals surface area contributed by atoms with Gasteiger partial charge in [0.05, 0.1) is 35.7 Å².